The molecular weight excluding hydrogens is 452 g/mol. The van der Waals surface area contributed by atoms with Crippen molar-refractivity contribution < 1.29 is 24.2 Å². The lowest BCUT2D eigenvalue weighted by Gasteiger charge is -2.41. The van der Waals surface area contributed by atoms with Gasteiger partial charge in [0.05, 0.1) is 16.6 Å². The molecule has 3 fully saturated rings. The molecular formula is C26H40N2O5S. The number of likely N-dealkylation sites (tertiary alicyclic amines) is 1. The molecule has 190 valence electrons. The molecule has 2 amide bonds. The maximum atomic E-state index is 14.3. The van der Waals surface area contributed by atoms with E-state index in [1.807, 2.05) is 11.8 Å². The van der Waals surface area contributed by atoms with Crippen molar-refractivity contribution in [3.8, 4) is 0 Å². The first-order chi connectivity index (χ1) is 16.3. The topological polar surface area (TPSA) is 87.1 Å². The zero-order valence-corrected chi connectivity index (χ0v) is 21.6. The van der Waals surface area contributed by atoms with Crippen molar-refractivity contribution in [3.05, 3.63) is 25.3 Å². The van der Waals surface area contributed by atoms with Crippen LogP contribution >= 0.6 is 11.8 Å². The van der Waals surface area contributed by atoms with Gasteiger partial charge in [-0.1, -0.05) is 39.0 Å². The molecule has 7 nitrogen and oxygen atoms in total. The van der Waals surface area contributed by atoms with E-state index in [1.165, 1.54) is 6.08 Å². The van der Waals surface area contributed by atoms with Gasteiger partial charge in [0.15, 0.2) is 0 Å². The fourth-order valence-corrected chi connectivity index (χ4v) is 8.70. The molecule has 3 aliphatic rings. The molecule has 0 saturated carbocycles. The summed E-state index contributed by atoms with van der Waals surface area (Å²) in [7, 11) is 0. The molecule has 3 heterocycles. The quantitative estimate of drug-likeness (QED) is 0.242. The minimum Gasteiger partial charge on any atom is -0.461 e. The van der Waals surface area contributed by atoms with Crippen molar-refractivity contribution >= 4 is 29.5 Å². The van der Waals surface area contributed by atoms with E-state index < -0.39 is 22.6 Å². The number of unbranched alkanes of at least 4 members (excludes halogenated alkanes) is 1. The Morgan fingerprint density at radius 2 is 2.09 bits per heavy atom. The molecule has 34 heavy (non-hydrogen) atoms. The fraction of sp³-hybridized carbons (Fsp3) is 0.731. The smallest absolute Gasteiger partial charge is 0.311 e. The fourth-order valence-electron chi connectivity index (χ4n) is 6.30. The molecule has 3 rings (SSSR count). The molecule has 0 aromatic heterocycles. The van der Waals surface area contributed by atoms with Crippen LogP contribution in [0.2, 0.25) is 0 Å². The van der Waals surface area contributed by atoms with E-state index in [0.29, 0.717) is 25.9 Å². The van der Waals surface area contributed by atoms with E-state index in [9.17, 15) is 19.5 Å². The summed E-state index contributed by atoms with van der Waals surface area (Å²) in [6.07, 6.45) is 7.03. The summed E-state index contributed by atoms with van der Waals surface area (Å²) < 4.78 is 4.77. The van der Waals surface area contributed by atoms with Crippen LogP contribution in [0.15, 0.2) is 25.3 Å². The predicted octanol–water partition coefficient (Wildman–Crippen LogP) is 3.03. The van der Waals surface area contributed by atoms with Crippen LogP contribution in [0.4, 0.5) is 0 Å². The largest absolute Gasteiger partial charge is 0.461 e. The summed E-state index contributed by atoms with van der Waals surface area (Å²) in [6.45, 7) is 14.7. The van der Waals surface area contributed by atoms with Crippen molar-refractivity contribution in [3.63, 3.8) is 0 Å². The van der Waals surface area contributed by atoms with Crippen LogP contribution in [0.5, 0.6) is 0 Å². The SMILES string of the molecule is C=CCOC(=O)[C@@H]1[C@H]2C(=O)N(CCCCO)C(C(=O)N(CC=C)C(C)CCC)C23S[C@@H]1CC3C. The van der Waals surface area contributed by atoms with Crippen LogP contribution in [0.25, 0.3) is 0 Å². The average molecular weight is 493 g/mol. The number of nitrogens with zero attached hydrogens (tertiary/aromatic N) is 2. The molecule has 0 aromatic rings. The van der Waals surface area contributed by atoms with Gasteiger partial charge in [-0.25, -0.2) is 0 Å². The van der Waals surface area contributed by atoms with Gasteiger partial charge in [-0.2, -0.15) is 0 Å². The number of aliphatic hydroxyl groups excluding tert-OH is 1. The Hall–Kier alpha value is -1.80. The van der Waals surface area contributed by atoms with E-state index in [-0.39, 0.29) is 48.2 Å². The van der Waals surface area contributed by atoms with Crippen molar-refractivity contribution in [1.82, 2.24) is 9.80 Å². The number of fused-ring (bicyclic) bond motifs is 1. The number of rotatable bonds is 13. The van der Waals surface area contributed by atoms with Crippen molar-refractivity contribution in [2.45, 2.75) is 75.0 Å². The Morgan fingerprint density at radius 3 is 2.71 bits per heavy atom. The number of thioether (sulfide) groups is 1. The maximum absolute atomic E-state index is 14.3. The van der Waals surface area contributed by atoms with Crippen LogP contribution in [0.3, 0.4) is 0 Å². The Balaban J connectivity index is 2.03. The van der Waals surface area contributed by atoms with Crippen LogP contribution < -0.4 is 0 Å². The second kappa shape index (κ2) is 11.3. The third kappa shape index (κ3) is 4.43. The highest BCUT2D eigenvalue weighted by atomic mass is 32.2. The number of carbonyl (C=O) groups is 3. The number of hydrogen-bond donors (Lipinski definition) is 1. The highest BCUT2D eigenvalue weighted by molar-refractivity contribution is 8.02. The summed E-state index contributed by atoms with van der Waals surface area (Å²) in [5.41, 5.74) is 0. The zero-order valence-electron chi connectivity index (χ0n) is 20.8. The zero-order chi connectivity index (χ0) is 25.0. The minimum absolute atomic E-state index is 0.0209. The number of carbonyl (C=O) groups excluding carboxylic acids is 3. The van der Waals surface area contributed by atoms with Gasteiger partial charge in [0, 0.05) is 31.0 Å². The number of esters is 1. The summed E-state index contributed by atoms with van der Waals surface area (Å²) in [6, 6.07) is -0.613. The van der Waals surface area contributed by atoms with Crippen molar-refractivity contribution in [2.75, 3.05) is 26.3 Å². The minimum atomic E-state index is -0.652. The highest BCUT2D eigenvalue weighted by Crippen LogP contribution is 2.68. The lowest BCUT2D eigenvalue weighted by molar-refractivity contribution is -0.153. The van der Waals surface area contributed by atoms with Crippen molar-refractivity contribution in [2.24, 2.45) is 17.8 Å². The van der Waals surface area contributed by atoms with Crippen LogP contribution in [-0.2, 0) is 19.1 Å². The summed E-state index contributed by atoms with van der Waals surface area (Å²) in [5, 5.41) is 9.28. The second-order valence-corrected chi connectivity index (χ2v) is 11.4. The molecule has 8 heteroatoms. The monoisotopic (exact) mass is 492 g/mol. The molecule has 1 N–H and O–H groups in total. The van der Waals surface area contributed by atoms with Crippen LogP contribution in [0, 0.1) is 17.8 Å². The first-order valence-electron chi connectivity index (χ1n) is 12.6. The molecule has 0 aliphatic carbocycles. The van der Waals surface area contributed by atoms with Gasteiger partial charge in [-0.15, -0.1) is 18.3 Å². The normalized spacial score (nSPS) is 32.4. The van der Waals surface area contributed by atoms with Gasteiger partial charge in [0.25, 0.3) is 0 Å². The van der Waals surface area contributed by atoms with Gasteiger partial charge in [0.2, 0.25) is 11.8 Å². The van der Waals surface area contributed by atoms with E-state index in [0.717, 1.165) is 19.3 Å². The van der Waals surface area contributed by atoms with Crippen LogP contribution in [0.1, 0.15) is 52.9 Å². The first kappa shape index (κ1) is 26.8. The highest BCUT2D eigenvalue weighted by Gasteiger charge is 2.76. The second-order valence-electron chi connectivity index (χ2n) is 9.85. The van der Waals surface area contributed by atoms with Crippen LogP contribution in [-0.4, -0.2) is 81.1 Å². The lowest BCUT2D eigenvalue weighted by Crippen LogP contribution is -2.58. The van der Waals surface area contributed by atoms with Gasteiger partial charge >= 0.3 is 5.97 Å². The van der Waals surface area contributed by atoms with Gasteiger partial charge < -0.3 is 19.6 Å². The van der Waals surface area contributed by atoms with E-state index in [1.54, 1.807) is 22.7 Å². The molecule has 1 spiro atoms. The van der Waals surface area contributed by atoms with E-state index in [2.05, 4.69) is 27.0 Å². The predicted molar refractivity (Wildman–Crippen MR) is 134 cm³/mol. The summed E-state index contributed by atoms with van der Waals surface area (Å²) in [5.74, 6) is -1.55. The number of aliphatic hydroxyl groups is 1. The van der Waals surface area contributed by atoms with Crippen molar-refractivity contribution in [1.29, 1.82) is 0 Å². The average Bonchev–Trinajstić information content (AvgIpc) is 3.39. The molecule has 7 atom stereocenters. The Bertz CT molecular complexity index is 804. The van der Waals surface area contributed by atoms with Gasteiger partial charge in [-0.3, -0.25) is 14.4 Å². The summed E-state index contributed by atoms with van der Waals surface area (Å²) >= 11 is 1.66. The molecule has 2 bridgehead atoms. The lowest BCUT2D eigenvalue weighted by atomic mass is 9.66. The Morgan fingerprint density at radius 1 is 1.35 bits per heavy atom. The number of hydrogen-bond acceptors (Lipinski definition) is 6. The maximum Gasteiger partial charge on any atom is 0.311 e. The Kier molecular flexibility index (Phi) is 8.90. The van der Waals surface area contributed by atoms with Gasteiger partial charge in [-0.05, 0) is 38.5 Å². The number of ether oxygens (including phenoxy) is 1. The summed E-state index contributed by atoms with van der Waals surface area (Å²) in [4.78, 5) is 44.8. The molecule has 4 unspecified atom stereocenters. The molecule has 3 aliphatic heterocycles. The molecule has 0 radical (unpaired) electrons. The van der Waals surface area contributed by atoms with E-state index in [4.69, 9.17) is 4.74 Å². The van der Waals surface area contributed by atoms with E-state index >= 15 is 0 Å². The first-order valence-corrected chi connectivity index (χ1v) is 13.5. The number of amides is 2. The standard InChI is InChI=1S/C26H40N2O5S/c1-6-11-18(5)27(12-7-2)24(31)22-26-17(4)16-19(34-26)20(25(32)33-15-8-3)21(26)23(30)28(22)13-9-10-14-29/h7-8,17-22,29H,2-3,6,9-16H2,1,4-5H3/t17?,18?,19-,20+,21+,22?,26?/m1/s1. The third-order valence-corrected chi connectivity index (χ3v) is 9.83. The third-order valence-electron chi connectivity index (χ3n) is 7.75. The van der Waals surface area contributed by atoms with Gasteiger partial charge in [0.1, 0.15) is 12.6 Å². The molecule has 0 aromatic carbocycles. The Labute approximate surface area is 208 Å². The molecule has 3 saturated heterocycles.